The third-order valence-electron chi connectivity index (χ3n) is 2.38. The summed E-state index contributed by atoms with van der Waals surface area (Å²) in [6.45, 7) is 1.39. The van der Waals surface area contributed by atoms with E-state index in [4.69, 9.17) is 5.73 Å². The van der Waals surface area contributed by atoms with E-state index in [2.05, 4.69) is 25.4 Å². The lowest BCUT2D eigenvalue weighted by molar-refractivity contribution is -0.275. The summed E-state index contributed by atoms with van der Waals surface area (Å²) < 4.78 is 59.4. The second kappa shape index (κ2) is 8.54. The summed E-state index contributed by atoms with van der Waals surface area (Å²) in [4.78, 5) is 11.3. The highest BCUT2D eigenvalue weighted by molar-refractivity contribution is 9.10. The van der Waals surface area contributed by atoms with Gasteiger partial charge in [0.25, 0.3) is 0 Å². The molecule has 10 heteroatoms. The van der Waals surface area contributed by atoms with Gasteiger partial charge in [-0.2, -0.15) is 0 Å². The molecule has 1 aromatic carbocycles. The lowest BCUT2D eigenvalue weighted by Crippen LogP contribution is -2.32. The fourth-order valence-corrected chi connectivity index (χ4v) is 1.90. The van der Waals surface area contributed by atoms with Gasteiger partial charge in [-0.3, -0.25) is 0 Å². The number of carbonyl (C=O) groups excluding carboxylic acids is 1. The van der Waals surface area contributed by atoms with E-state index in [0.29, 0.717) is 4.47 Å². The molecule has 0 saturated heterocycles. The third kappa shape index (κ3) is 5.98. The molecule has 0 aromatic heterocycles. The van der Waals surface area contributed by atoms with Crippen molar-refractivity contribution in [2.45, 2.75) is 25.5 Å². The Balaban J connectivity index is 0.00000441. The summed E-state index contributed by atoms with van der Waals surface area (Å²) in [5.74, 6) is -1.92. The molecule has 0 heterocycles. The molecule has 0 bridgehead atoms. The third-order valence-corrected chi connectivity index (χ3v) is 2.88. The van der Waals surface area contributed by atoms with Gasteiger partial charge in [0.05, 0.1) is 12.6 Å². The van der Waals surface area contributed by atoms with Crippen LogP contribution < -0.4 is 10.5 Å². The van der Waals surface area contributed by atoms with Crippen molar-refractivity contribution in [2.24, 2.45) is 5.73 Å². The largest absolute Gasteiger partial charge is 0.573 e. The Morgan fingerprint density at radius 3 is 2.50 bits per heavy atom. The number of ether oxygens (including phenoxy) is 2. The average molecular weight is 411 g/mol. The van der Waals surface area contributed by atoms with Crippen molar-refractivity contribution in [2.75, 3.05) is 6.61 Å². The molecule has 0 saturated carbocycles. The molecule has 0 aliphatic rings. The summed E-state index contributed by atoms with van der Waals surface area (Å²) in [6, 6.07) is 1.75. The number of halogens is 6. The van der Waals surface area contributed by atoms with Crippen LogP contribution in [0.15, 0.2) is 22.7 Å². The van der Waals surface area contributed by atoms with Crippen LogP contribution in [0.1, 0.15) is 18.5 Å². The Kier molecular flexibility index (Phi) is 8.13. The van der Waals surface area contributed by atoms with Gasteiger partial charge in [-0.15, -0.1) is 25.6 Å². The Bertz CT molecular complexity index is 516. The van der Waals surface area contributed by atoms with Gasteiger partial charge in [0.2, 0.25) is 6.17 Å². The lowest BCUT2D eigenvalue weighted by Gasteiger charge is -2.20. The predicted octanol–water partition coefficient (Wildman–Crippen LogP) is 3.67. The maximum absolute atomic E-state index is 13.9. The first-order valence-electron chi connectivity index (χ1n) is 5.77. The van der Waals surface area contributed by atoms with Gasteiger partial charge in [-0.05, 0) is 25.1 Å². The minimum absolute atomic E-state index is 0. The minimum Gasteiger partial charge on any atom is -0.464 e. The Hall–Kier alpha value is -1.06. The molecule has 1 rings (SSSR count). The second-order valence-corrected chi connectivity index (χ2v) is 4.83. The van der Waals surface area contributed by atoms with Crippen LogP contribution in [0.5, 0.6) is 5.75 Å². The van der Waals surface area contributed by atoms with Gasteiger partial charge in [0, 0.05) is 10.0 Å². The van der Waals surface area contributed by atoms with Crippen LogP contribution >= 0.6 is 28.3 Å². The summed E-state index contributed by atoms with van der Waals surface area (Å²) in [5, 5.41) is 0. The molecule has 22 heavy (non-hydrogen) atoms. The van der Waals surface area contributed by atoms with E-state index in [1.807, 2.05) is 0 Å². The van der Waals surface area contributed by atoms with E-state index in [-0.39, 0.29) is 24.6 Å². The van der Waals surface area contributed by atoms with Gasteiger partial charge >= 0.3 is 12.3 Å². The number of hydrogen-bond acceptors (Lipinski definition) is 4. The quantitative estimate of drug-likeness (QED) is 0.594. The number of alkyl halides is 4. The van der Waals surface area contributed by atoms with E-state index in [1.54, 1.807) is 0 Å². The smallest absolute Gasteiger partial charge is 0.464 e. The maximum Gasteiger partial charge on any atom is 0.573 e. The SMILES string of the molecule is CCOC(=O)C(F)[C@H](N)c1cc(Br)ccc1OC(F)(F)F.Cl. The topological polar surface area (TPSA) is 61.5 Å². The standard InChI is InChI=1S/C12H12BrF4NO3.ClH/c1-2-20-11(19)9(14)10(18)7-5-6(13)3-4-8(7)21-12(15,16)17;/h3-5,9-10H,2,18H2,1H3;1H/t9?,10-;/m1./s1. The molecule has 0 spiro atoms. The van der Waals surface area contributed by atoms with Crippen LogP contribution in [0, 0.1) is 0 Å². The van der Waals surface area contributed by atoms with E-state index < -0.39 is 30.3 Å². The number of rotatable bonds is 5. The zero-order chi connectivity index (χ0) is 16.2. The maximum atomic E-state index is 13.9. The molecule has 1 unspecified atom stereocenters. The molecule has 0 amide bonds. The summed E-state index contributed by atoms with van der Waals surface area (Å²) >= 11 is 3.03. The minimum atomic E-state index is -4.96. The molecule has 1 aromatic rings. The fourth-order valence-electron chi connectivity index (χ4n) is 1.52. The van der Waals surface area contributed by atoms with E-state index in [1.165, 1.54) is 13.0 Å². The molecule has 0 radical (unpaired) electrons. The van der Waals surface area contributed by atoms with Crippen LogP contribution in [0.3, 0.4) is 0 Å². The van der Waals surface area contributed by atoms with Crippen molar-refractivity contribution in [3.05, 3.63) is 28.2 Å². The normalized spacial score (nSPS) is 13.8. The van der Waals surface area contributed by atoms with Crippen LogP contribution in [0.2, 0.25) is 0 Å². The van der Waals surface area contributed by atoms with Crippen molar-refractivity contribution >= 4 is 34.3 Å². The summed E-state index contributed by atoms with van der Waals surface area (Å²) in [7, 11) is 0. The first kappa shape index (κ1) is 20.9. The Morgan fingerprint density at radius 1 is 1.41 bits per heavy atom. The number of hydrogen-bond donors (Lipinski definition) is 1. The number of nitrogens with two attached hydrogens (primary N) is 1. The molecular formula is C12H13BrClF4NO3. The average Bonchev–Trinajstić information content (AvgIpc) is 2.38. The van der Waals surface area contributed by atoms with Crippen molar-refractivity contribution in [1.29, 1.82) is 0 Å². The van der Waals surface area contributed by atoms with Crippen LogP contribution in [0.25, 0.3) is 0 Å². The van der Waals surface area contributed by atoms with E-state index in [9.17, 15) is 22.4 Å². The molecule has 2 N–H and O–H groups in total. The summed E-state index contributed by atoms with van der Waals surface area (Å²) in [6.07, 6.45) is -7.27. The van der Waals surface area contributed by atoms with Gasteiger partial charge in [-0.1, -0.05) is 15.9 Å². The second-order valence-electron chi connectivity index (χ2n) is 3.91. The lowest BCUT2D eigenvalue weighted by atomic mass is 10.0. The predicted molar refractivity (Wildman–Crippen MR) is 76.5 cm³/mol. The van der Waals surface area contributed by atoms with Gasteiger partial charge in [-0.25, -0.2) is 9.18 Å². The van der Waals surface area contributed by atoms with Crippen LogP contribution in [-0.4, -0.2) is 25.1 Å². The summed E-state index contributed by atoms with van der Waals surface area (Å²) in [5.41, 5.74) is 5.21. The highest BCUT2D eigenvalue weighted by atomic mass is 79.9. The molecule has 0 aliphatic heterocycles. The van der Waals surface area contributed by atoms with Gasteiger partial charge in [0.1, 0.15) is 5.75 Å². The van der Waals surface area contributed by atoms with Crippen LogP contribution in [0.4, 0.5) is 17.6 Å². The highest BCUT2D eigenvalue weighted by Crippen LogP contribution is 2.33. The number of carbonyl (C=O) groups is 1. The van der Waals surface area contributed by atoms with E-state index >= 15 is 0 Å². The molecule has 2 atom stereocenters. The molecule has 4 nitrogen and oxygen atoms in total. The molecule has 0 fully saturated rings. The first-order valence-corrected chi connectivity index (χ1v) is 6.56. The zero-order valence-electron chi connectivity index (χ0n) is 11.2. The first-order chi connectivity index (χ1) is 9.65. The van der Waals surface area contributed by atoms with Gasteiger partial charge < -0.3 is 15.2 Å². The van der Waals surface area contributed by atoms with E-state index in [0.717, 1.165) is 12.1 Å². The number of esters is 1. The highest BCUT2D eigenvalue weighted by Gasteiger charge is 2.35. The van der Waals surface area contributed by atoms with Gasteiger partial charge in [0.15, 0.2) is 0 Å². The molecule has 126 valence electrons. The van der Waals surface area contributed by atoms with Crippen molar-refractivity contribution in [3.63, 3.8) is 0 Å². The Labute approximate surface area is 138 Å². The number of benzene rings is 1. The monoisotopic (exact) mass is 409 g/mol. The zero-order valence-corrected chi connectivity index (χ0v) is 13.6. The van der Waals surface area contributed by atoms with Crippen molar-refractivity contribution in [3.8, 4) is 5.75 Å². The van der Waals surface area contributed by atoms with Crippen molar-refractivity contribution < 1.29 is 31.8 Å². The molecule has 0 aliphatic carbocycles. The van der Waals surface area contributed by atoms with Crippen molar-refractivity contribution in [1.82, 2.24) is 0 Å². The van der Waals surface area contributed by atoms with Crippen LogP contribution in [-0.2, 0) is 9.53 Å². The molecular weight excluding hydrogens is 397 g/mol. The Morgan fingerprint density at radius 2 is 2.00 bits per heavy atom. The fraction of sp³-hybridized carbons (Fsp3) is 0.417.